The molecule has 8 heteroatoms. The van der Waals surface area contributed by atoms with Gasteiger partial charge in [-0.2, -0.15) is 8.78 Å². The van der Waals surface area contributed by atoms with E-state index < -0.39 is 18.2 Å². The number of hydrogen-bond acceptors (Lipinski definition) is 4. The fourth-order valence-electron chi connectivity index (χ4n) is 0.704. The standard InChI is InChI=1S/C6H7F4N3O/c1-11-2-3-12-13-5(14-3)6(9,10)4(7)8/h4,11H,2H2,1H3. The first-order chi connectivity index (χ1) is 6.48. The van der Waals surface area contributed by atoms with Gasteiger partial charge < -0.3 is 9.73 Å². The normalized spacial score (nSPS) is 12.4. The Bertz CT molecular complexity index is 301. The molecule has 0 aliphatic heterocycles. The lowest BCUT2D eigenvalue weighted by Gasteiger charge is -2.08. The van der Waals surface area contributed by atoms with Crippen LogP contribution in [0.1, 0.15) is 11.8 Å². The molecular formula is C6H7F4N3O. The topological polar surface area (TPSA) is 51.0 Å². The monoisotopic (exact) mass is 213 g/mol. The minimum absolute atomic E-state index is 0.0479. The predicted octanol–water partition coefficient (Wildman–Crippen LogP) is 1.15. The van der Waals surface area contributed by atoms with Crippen molar-refractivity contribution in [1.82, 2.24) is 15.5 Å². The maximum atomic E-state index is 12.6. The van der Waals surface area contributed by atoms with E-state index in [2.05, 4.69) is 19.9 Å². The van der Waals surface area contributed by atoms with E-state index in [-0.39, 0.29) is 12.4 Å². The molecule has 1 heterocycles. The van der Waals surface area contributed by atoms with Crippen molar-refractivity contribution in [2.24, 2.45) is 0 Å². The highest BCUT2D eigenvalue weighted by molar-refractivity contribution is 4.92. The average molecular weight is 213 g/mol. The highest BCUT2D eigenvalue weighted by Crippen LogP contribution is 2.33. The van der Waals surface area contributed by atoms with E-state index in [9.17, 15) is 17.6 Å². The van der Waals surface area contributed by atoms with Crippen molar-refractivity contribution in [3.8, 4) is 0 Å². The minimum atomic E-state index is -4.39. The van der Waals surface area contributed by atoms with Crippen LogP contribution in [0.4, 0.5) is 17.6 Å². The van der Waals surface area contributed by atoms with E-state index in [1.807, 2.05) is 0 Å². The van der Waals surface area contributed by atoms with Gasteiger partial charge in [-0.05, 0) is 7.05 Å². The number of halogens is 4. The van der Waals surface area contributed by atoms with Crippen LogP contribution in [-0.2, 0) is 12.5 Å². The third-order valence-electron chi connectivity index (χ3n) is 1.35. The predicted molar refractivity (Wildman–Crippen MR) is 37.0 cm³/mol. The quantitative estimate of drug-likeness (QED) is 0.762. The van der Waals surface area contributed by atoms with Crippen LogP contribution in [0.3, 0.4) is 0 Å². The molecule has 0 saturated carbocycles. The number of aromatic nitrogens is 2. The Morgan fingerprint density at radius 3 is 2.57 bits per heavy atom. The Morgan fingerprint density at radius 2 is 2.07 bits per heavy atom. The van der Waals surface area contributed by atoms with Gasteiger partial charge in [0, 0.05) is 0 Å². The van der Waals surface area contributed by atoms with E-state index in [1.165, 1.54) is 7.05 Å². The molecule has 0 atom stereocenters. The summed E-state index contributed by atoms with van der Waals surface area (Å²) in [5.74, 6) is -5.92. The lowest BCUT2D eigenvalue weighted by Crippen LogP contribution is -2.23. The Morgan fingerprint density at radius 1 is 1.43 bits per heavy atom. The summed E-state index contributed by atoms with van der Waals surface area (Å²) in [6.07, 6.45) is -3.86. The van der Waals surface area contributed by atoms with Crippen LogP contribution in [0.25, 0.3) is 0 Å². The van der Waals surface area contributed by atoms with E-state index in [1.54, 1.807) is 0 Å². The fourth-order valence-corrected chi connectivity index (χ4v) is 0.704. The Kier molecular flexibility index (Phi) is 3.04. The van der Waals surface area contributed by atoms with Gasteiger partial charge in [-0.1, -0.05) is 0 Å². The zero-order valence-corrected chi connectivity index (χ0v) is 7.10. The molecule has 0 unspecified atom stereocenters. The maximum Gasteiger partial charge on any atom is 0.382 e. The van der Waals surface area contributed by atoms with Gasteiger partial charge in [0.05, 0.1) is 6.54 Å². The molecule has 0 saturated heterocycles. The summed E-state index contributed by atoms with van der Waals surface area (Å²) in [5, 5.41) is 8.55. The maximum absolute atomic E-state index is 12.6. The SMILES string of the molecule is CNCc1nnc(C(F)(F)C(F)F)o1. The molecular weight excluding hydrogens is 206 g/mol. The van der Waals surface area contributed by atoms with E-state index in [0.29, 0.717) is 0 Å². The number of nitrogens with zero attached hydrogens (tertiary/aromatic N) is 2. The van der Waals surface area contributed by atoms with Crippen LogP contribution in [0.2, 0.25) is 0 Å². The molecule has 0 radical (unpaired) electrons. The van der Waals surface area contributed by atoms with Gasteiger partial charge in [-0.3, -0.25) is 0 Å². The summed E-state index contributed by atoms with van der Waals surface area (Å²) < 4.78 is 53.1. The molecule has 80 valence electrons. The molecule has 0 aliphatic rings. The van der Waals surface area contributed by atoms with E-state index in [4.69, 9.17) is 0 Å². The summed E-state index contributed by atoms with van der Waals surface area (Å²) in [6, 6.07) is 0. The van der Waals surface area contributed by atoms with Gasteiger partial charge in [-0.25, -0.2) is 8.78 Å². The van der Waals surface area contributed by atoms with Crippen molar-refractivity contribution in [2.45, 2.75) is 18.9 Å². The molecule has 14 heavy (non-hydrogen) atoms. The van der Waals surface area contributed by atoms with Crippen molar-refractivity contribution in [2.75, 3.05) is 7.05 Å². The van der Waals surface area contributed by atoms with E-state index in [0.717, 1.165) is 0 Å². The zero-order valence-electron chi connectivity index (χ0n) is 7.10. The summed E-state index contributed by atoms with van der Waals surface area (Å²) >= 11 is 0. The van der Waals surface area contributed by atoms with Crippen LogP contribution in [0.5, 0.6) is 0 Å². The summed E-state index contributed by atoms with van der Waals surface area (Å²) in [7, 11) is 1.52. The van der Waals surface area contributed by atoms with Crippen LogP contribution in [-0.4, -0.2) is 23.7 Å². The third kappa shape index (κ3) is 2.00. The smallest absolute Gasteiger partial charge is 0.382 e. The van der Waals surface area contributed by atoms with Crippen LogP contribution in [0.15, 0.2) is 4.42 Å². The molecule has 4 nitrogen and oxygen atoms in total. The molecule has 1 N–H and O–H groups in total. The lowest BCUT2D eigenvalue weighted by atomic mass is 10.3. The molecule has 1 aromatic heterocycles. The Balaban J connectivity index is 2.85. The molecule has 1 rings (SSSR count). The van der Waals surface area contributed by atoms with Crippen molar-refractivity contribution < 1.29 is 22.0 Å². The van der Waals surface area contributed by atoms with Gasteiger partial charge in [0.15, 0.2) is 0 Å². The summed E-state index contributed by atoms with van der Waals surface area (Å²) in [5.41, 5.74) is 0. The van der Waals surface area contributed by atoms with Crippen molar-refractivity contribution in [1.29, 1.82) is 0 Å². The average Bonchev–Trinajstić information content (AvgIpc) is 2.53. The lowest BCUT2D eigenvalue weighted by molar-refractivity contribution is -0.151. The largest absolute Gasteiger partial charge is 0.418 e. The van der Waals surface area contributed by atoms with Crippen molar-refractivity contribution >= 4 is 0 Å². The highest BCUT2D eigenvalue weighted by atomic mass is 19.3. The molecule has 1 aromatic rings. The second-order valence-corrected chi connectivity index (χ2v) is 2.45. The Labute approximate surface area is 76.3 Å². The fraction of sp³-hybridized carbons (Fsp3) is 0.667. The minimum Gasteiger partial charge on any atom is -0.418 e. The second-order valence-electron chi connectivity index (χ2n) is 2.45. The van der Waals surface area contributed by atoms with Gasteiger partial charge in [0.1, 0.15) is 0 Å². The van der Waals surface area contributed by atoms with Crippen molar-refractivity contribution in [3.05, 3.63) is 11.8 Å². The van der Waals surface area contributed by atoms with Gasteiger partial charge in [0.2, 0.25) is 5.89 Å². The highest BCUT2D eigenvalue weighted by Gasteiger charge is 2.48. The molecule has 0 spiro atoms. The second kappa shape index (κ2) is 3.91. The molecule has 0 amide bonds. The third-order valence-corrected chi connectivity index (χ3v) is 1.35. The first-order valence-corrected chi connectivity index (χ1v) is 3.62. The summed E-state index contributed by atoms with van der Waals surface area (Å²) in [6.45, 7) is 0.0479. The number of nitrogens with one attached hydrogen (secondary N) is 1. The van der Waals surface area contributed by atoms with Crippen LogP contribution >= 0.6 is 0 Å². The Hall–Kier alpha value is -1.18. The number of alkyl halides is 4. The molecule has 0 bridgehead atoms. The zero-order chi connectivity index (χ0) is 10.8. The van der Waals surface area contributed by atoms with Gasteiger partial charge >= 0.3 is 12.3 Å². The van der Waals surface area contributed by atoms with Crippen LogP contribution in [0, 0.1) is 0 Å². The number of hydrogen-bond donors (Lipinski definition) is 1. The van der Waals surface area contributed by atoms with E-state index >= 15 is 0 Å². The number of rotatable bonds is 4. The first kappa shape index (κ1) is 10.9. The van der Waals surface area contributed by atoms with Crippen molar-refractivity contribution in [3.63, 3.8) is 0 Å². The molecule has 0 aromatic carbocycles. The van der Waals surface area contributed by atoms with Crippen LogP contribution < -0.4 is 5.32 Å². The molecule has 0 aliphatic carbocycles. The molecule has 0 fully saturated rings. The van der Waals surface area contributed by atoms with Gasteiger partial charge in [-0.15, -0.1) is 10.2 Å². The summed E-state index contributed by atoms with van der Waals surface area (Å²) in [4.78, 5) is 0. The van der Waals surface area contributed by atoms with Gasteiger partial charge in [0.25, 0.3) is 5.89 Å². The first-order valence-electron chi connectivity index (χ1n) is 3.62.